The third kappa shape index (κ3) is 3.08. The first-order chi connectivity index (χ1) is 10.6. The maximum Gasteiger partial charge on any atom is 0.220 e. The molecule has 0 radical (unpaired) electrons. The van der Waals surface area contributed by atoms with E-state index in [2.05, 4.69) is 5.32 Å². The number of hydrogen-bond donors (Lipinski definition) is 1. The van der Waals surface area contributed by atoms with E-state index in [1.165, 1.54) is 18.2 Å². The monoisotopic (exact) mass is 303 g/mol. The van der Waals surface area contributed by atoms with E-state index in [0.29, 0.717) is 25.1 Å². The van der Waals surface area contributed by atoms with E-state index < -0.39 is 11.6 Å². The Hall–Kier alpha value is -2.43. The van der Waals surface area contributed by atoms with Crippen LogP contribution in [0.2, 0.25) is 0 Å². The number of hydrogen-bond acceptors (Lipinski definition) is 2. The molecule has 114 valence electrons. The summed E-state index contributed by atoms with van der Waals surface area (Å²) in [5, 5.41) is 2.81. The summed E-state index contributed by atoms with van der Waals surface area (Å²) in [6.07, 6.45) is 1.06. The smallest absolute Gasteiger partial charge is 0.220 e. The van der Waals surface area contributed by atoms with Crippen LogP contribution in [0.3, 0.4) is 0 Å². The number of amides is 1. The first kappa shape index (κ1) is 14.5. The lowest BCUT2D eigenvalue weighted by molar-refractivity contribution is -0.121. The van der Waals surface area contributed by atoms with Crippen molar-refractivity contribution >= 4 is 5.91 Å². The summed E-state index contributed by atoms with van der Waals surface area (Å²) in [6, 6.07) is 9.17. The van der Waals surface area contributed by atoms with Gasteiger partial charge in [-0.25, -0.2) is 8.78 Å². The summed E-state index contributed by atoms with van der Waals surface area (Å²) in [4.78, 5) is 11.4. The lowest BCUT2D eigenvalue weighted by Crippen LogP contribution is -2.20. The fraction of sp³-hybridized carbons (Fsp3) is 0.235. The minimum Gasteiger partial charge on any atom is -0.489 e. The van der Waals surface area contributed by atoms with Crippen LogP contribution >= 0.6 is 0 Å². The van der Waals surface area contributed by atoms with Gasteiger partial charge in [0.05, 0.1) is 5.56 Å². The van der Waals surface area contributed by atoms with Crippen LogP contribution < -0.4 is 10.1 Å². The van der Waals surface area contributed by atoms with E-state index in [0.717, 1.165) is 11.1 Å². The lowest BCUT2D eigenvalue weighted by atomic mass is 10.0. The van der Waals surface area contributed by atoms with Crippen molar-refractivity contribution < 1.29 is 18.3 Å². The molecule has 2 aromatic carbocycles. The Bertz CT molecular complexity index is 696. The highest BCUT2D eigenvalue weighted by Gasteiger charge is 2.14. The molecule has 1 aliphatic rings. The van der Waals surface area contributed by atoms with Crippen LogP contribution in [0, 0.1) is 11.6 Å². The van der Waals surface area contributed by atoms with Gasteiger partial charge >= 0.3 is 0 Å². The van der Waals surface area contributed by atoms with E-state index in [1.54, 1.807) is 6.07 Å². The topological polar surface area (TPSA) is 38.3 Å². The van der Waals surface area contributed by atoms with Gasteiger partial charge in [-0.15, -0.1) is 0 Å². The minimum absolute atomic E-state index is 0.0205. The molecule has 1 heterocycles. The largest absolute Gasteiger partial charge is 0.489 e. The number of fused-ring (bicyclic) bond motifs is 1. The highest BCUT2D eigenvalue weighted by Crippen LogP contribution is 2.23. The molecule has 0 saturated carbocycles. The number of halogens is 2. The third-order valence-corrected chi connectivity index (χ3v) is 3.72. The molecule has 3 nitrogen and oxygen atoms in total. The first-order valence-corrected chi connectivity index (χ1v) is 7.07. The molecule has 0 atom stereocenters. The molecule has 0 bridgehead atoms. The van der Waals surface area contributed by atoms with Gasteiger partial charge in [-0.2, -0.15) is 0 Å². The molecule has 3 rings (SSSR count). The standard InChI is InChI=1S/C17H15F2NO2/c18-15-2-1-3-16(19)14(15)10-22-13-6-4-12-9-20-17(21)7-5-11(12)8-13/h1-4,6,8H,5,7,9-10H2,(H,20,21). The van der Waals surface area contributed by atoms with Gasteiger partial charge in [-0.05, 0) is 41.8 Å². The van der Waals surface area contributed by atoms with E-state index in [4.69, 9.17) is 4.74 Å². The summed E-state index contributed by atoms with van der Waals surface area (Å²) in [7, 11) is 0. The zero-order valence-electron chi connectivity index (χ0n) is 11.9. The fourth-order valence-corrected chi connectivity index (χ4v) is 2.45. The van der Waals surface area contributed by atoms with Crippen molar-refractivity contribution in [2.75, 3.05) is 0 Å². The molecule has 0 fully saturated rings. The van der Waals surface area contributed by atoms with Crippen molar-refractivity contribution in [2.45, 2.75) is 26.0 Å². The molecule has 1 aliphatic heterocycles. The van der Waals surface area contributed by atoms with Crippen molar-refractivity contribution in [2.24, 2.45) is 0 Å². The summed E-state index contributed by atoms with van der Waals surface area (Å²) >= 11 is 0. The number of carbonyl (C=O) groups is 1. The Kier molecular flexibility index (Phi) is 4.04. The normalized spacial score (nSPS) is 14.0. The molecular weight excluding hydrogens is 288 g/mol. The molecule has 0 aliphatic carbocycles. The second-order valence-electron chi connectivity index (χ2n) is 5.20. The fourth-order valence-electron chi connectivity index (χ4n) is 2.45. The number of nitrogens with one attached hydrogen (secondary N) is 1. The Labute approximate surface area is 126 Å². The van der Waals surface area contributed by atoms with Gasteiger partial charge in [-0.1, -0.05) is 12.1 Å². The summed E-state index contributed by atoms with van der Waals surface area (Å²) in [5.41, 5.74) is 1.97. The summed E-state index contributed by atoms with van der Waals surface area (Å²) in [5.74, 6) is -0.683. The highest BCUT2D eigenvalue weighted by molar-refractivity contribution is 5.77. The van der Waals surface area contributed by atoms with Crippen molar-refractivity contribution in [1.82, 2.24) is 5.32 Å². The quantitative estimate of drug-likeness (QED) is 0.946. The Morgan fingerprint density at radius 3 is 2.59 bits per heavy atom. The molecule has 1 N–H and O–H groups in total. The average molecular weight is 303 g/mol. The van der Waals surface area contributed by atoms with Gasteiger partial charge < -0.3 is 10.1 Å². The van der Waals surface area contributed by atoms with E-state index in [1.807, 2.05) is 12.1 Å². The van der Waals surface area contributed by atoms with Crippen molar-refractivity contribution in [3.05, 3.63) is 64.7 Å². The van der Waals surface area contributed by atoms with Crippen LogP contribution in [0.25, 0.3) is 0 Å². The molecule has 22 heavy (non-hydrogen) atoms. The second kappa shape index (κ2) is 6.13. The van der Waals surface area contributed by atoms with Crippen LogP contribution in [0.15, 0.2) is 36.4 Å². The predicted octanol–water partition coefficient (Wildman–Crippen LogP) is 3.11. The van der Waals surface area contributed by atoms with Gasteiger partial charge in [-0.3, -0.25) is 4.79 Å². The predicted molar refractivity (Wildman–Crippen MR) is 77.3 cm³/mol. The van der Waals surface area contributed by atoms with Gasteiger partial charge in [0.15, 0.2) is 0 Å². The van der Waals surface area contributed by atoms with E-state index >= 15 is 0 Å². The summed E-state index contributed by atoms with van der Waals surface area (Å²) in [6.45, 7) is 0.324. The maximum atomic E-state index is 13.6. The molecule has 0 spiro atoms. The van der Waals surface area contributed by atoms with Crippen LogP contribution in [-0.2, 0) is 24.4 Å². The Morgan fingerprint density at radius 1 is 1.05 bits per heavy atom. The van der Waals surface area contributed by atoms with Crippen molar-refractivity contribution in [1.29, 1.82) is 0 Å². The number of benzene rings is 2. The zero-order valence-corrected chi connectivity index (χ0v) is 11.9. The minimum atomic E-state index is -0.621. The number of carbonyl (C=O) groups excluding carboxylic acids is 1. The zero-order chi connectivity index (χ0) is 15.5. The van der Waals surface area contributed by atoms with Crippen LogP contribution in [-0.4, -0.2) is 5.91 Å². The Morgan fingerprint density at radius 2 is 1.82 bits per heavy atom. The highest BCUT2D eigenvalue weighted by atomic mass is 19.1. The van der Waals surface area contributed by atoms with Gasteiger partial charge in [0.2, 0.25) is 5.91 Å². The first-order valence-electron chi connectivity index (χ1n) is 7.07. The number of ether oxygens (including phenoxy) is 1. The molecule has 5 heteroatoms. The van der Waals surface area contributed by atoms with Gasteiger partial charge in [0.25, 0.3) is 0 Å². The van der Waals surface area contributed by atoms with Crippen molar-refractivity contribution in [3.63, 3.8) is 0 Å². The van der Waals surface area contributed by atoms with E-state index in [-0.39, 0.29) is 18.1 Å². The maximum absolute atomic E-state index is 13.6. The average Bonchev–Trinajstić information content (AvgIpc) is 2.69. The number of aryl methyl sites for hydroxylation is 1. The van der Waals surface area contributed by atoms with Crippen LogP contribution in [0.1, 0.15) is 23.1 Å². The van der Waals surface area contributed by atoms with Gasteiger partial charge in [0.1, 0.15) is 24.0 Å². The van der Waals surface area contributed by atoms with Crippen molar-refractivity contribution in [3.8, 4) is 5.75 Å². The number of rotatable bonds is 3. The third-order valence-electron chi connectivity index (χ3n) is 3.72. The lowest BCUT2D eigenvalue weighted by Gasteiger charge is -2.11. The van der Waals surface area contributed by atoms with Crippen LogP contribution in [0.4, 0.5) is 8.78 Å². The van der Waals surface area contributed by atoms with E-state index in [9.17, 15) is 13.6 Å². The molecular formula is C17H15F2NO2. The van der Waals surface area contributed by atoms with Crippen LogP contribution in [0.5, 0.6) is 5.75 Å². The molecule has 2 aromatic rings. The SMILES string of the molecule is O=C1CCc2cc(OCc3c(F)cccc3F)ccc2CN1. The molecule has 0 unspecified atom stereocenters. The Balaban J connectivity index is 1.75. The molecule has 0 aromatic heterocycles. The second-order valence-corrected chi connectivity index (χ2v) is 5.20. The van der Waals surface area contributed by atoms with Gasteiger partial charge in [0, 0.05) is 13.0 Å². The molecule has 0 saturated heterocycles. The molecule has 1 amide bonds. The summed E-state index contributed by atoms with van der Waals surface area (Å²) < 4.78 is 32.6.